The van der Waals surface area contributed by atoms with Crippen LogP contribution in [0.1, 0.15) is 56.4 Å². The Morgan fingerprint density at radius 1 is 1.26 bits per heavy atom. The number of fused-ring (bicyclic) bond motifs is 1. The van der Waals surface area contributed by atoms with Crippen LogP contribution in [0.4, 0.5) is 0 Å². The molecule has 19 heavy (non-hydrogen) atoms. The lowest BCUT2D eigenvalue weighted by Gasteiger charge is -2.17. The predicted molar refractivity (Wildman–Crippen MR) is 77.2 cm³/mol. The molecule has 102 valence electrons. The Hall–Kier alpha value is -1.35. The van der Waals surface area contributed by atoms with Crippen LogP contribution in [-0.2, 0) is 6.54 Å². The van der Waals surface area contributed by atoms with Crippen molar-refractivity contribution < 1.29 is 4.42 Å². The first-order valence-corrected chi connectivity index (χ1v) is 7.47. The van der Waals surface area contributed by atoms with Gasteiger partial charge in [-0.05, 0) is 37.1 Å². The summed E-state index contributed by atoms with van der Waals surface area (Å²) in [4.78, 5) is 4.67. The Morgan fingerprint density at radius 2 is 2.11 bits per heavy atom. The van der Waals surface area contributed by atoms with E-state index in [1.165, 1.54) is 37.7 Å². The van der Waals surface area contributed by atoms with Gasteiger partial charge in [-0.1, -0.05) is 32.3 Å². The highest BCUT2D eigenvalue weighted by Gasteiger charge is 2.20. The summed E-state index contributed by atoms with van der Waals surface area (Å²) in [5, 5.41) is 3.34. The number of oxazole rings is 1. The first-order valence-electron chi connectivity index (χ1n) is 7.47. The van der Waals surface area contributed by atoms with Crippen molar-refractivity contribution in [1.29, 1.82) is 0 Å². The van der Waals surface area contributed by atoms with Crippen LogP contribution in [0.25, 0.3) is 11.1 Å². The molecule has 1 heterocycles. The summed E-state index contributed by atoms with van der Waals surface area (Å²) >= 11 is 0. The van der Waals surface area contributed by atoms with Crippen LogP contribution in [0.5, 0.6) is 0 Å². The van der Waals surface area contributed by atoms with E-state index in [2.05, 4.69) is 35.4 Å². The van der Waals surface area contributed by atoms with Crippen LogP contribution >= 0.6 is 0 Å². The van der Waals surface area contributed by atoms with Crippen LogP contribution in [0.15, 0.2) is 22.6 Å². The van der Waals surface area contributed by atoms with Crippen molar-refractivity contribution in [2.75, 3.05) is 6.54 Å². The molecule has 0 bridgehead atoms. The Bertz CT molecular complexity index is 541. The molecule has 1 aromatic heterocycles. The number of nitrogens with one attached hydrogen (secondary N) is 1. The van der Waals surface area contributed by atoms with Gasteiger partial charge in [0.2, 0.25) is 0 Å². The predicted octanol–water partition coefficient (Wildman–Crippen LogP) is 3.99. The number of benzene rings is 1. The van der Waals surface area contributed by atoms with Gasteiger partial charge in [0.05, 0.1) is 0 Å². The van der Waals surface area contributed by atoms with Gasteiger partial charge in [-0.15, -0.1) is 0 Å². The molecule has 1 saturated carbocycles. The lowest BCUT2D eigenvalue weighted by atomic mass is 9.89. The van der Waals surface area contributed by atoms with Crippen molar-refractivity contribution >= 4 is 11.1 Å². The Labute approximate surface area is 114 Å². The normalized spacial score (nSPS) is 17.1. The number of nitrogens with zero attached hydrogens (tertiary/aromatic N) is 1. The van der Waals surface area contributed by atoms with Gasteiger partial charge >= 0.3 is 0 Å². The fraction of sp³-hybridized carbons (Fsp3) is 0.562. The molecular weight excluding hydrogens is 236 g/mol. The third-order valence-electron chi connectivity index (χ3n) is 4.00. The Morgan fingerprint density at radius 3 is 2.89 bits per heavy atom. The van der Waals surface area contributed by atoms with E-state index in [0.29, 0.717) is 5.92 Å². The van der Waals surface area contributed by atoms with Crippen LogP contribution in [0.3, 0.4) is 0 Å². The average molecular weight is 258 g/mol. The van der Waals surface area contributed by atoms with Crippen molar-refractivity contribution in [2.24, 2.45) is 0 Å². The Balaban J connectivity index is 1.83. The molecule has 0 atom stereocenters. The van der Waals surface area contributed by atoms with Crippen LogP contribution in [0.2, 0.25) is 0 Å². The molecule has 0 saturated heterocycles. The van der Waals surface area contributed by atoms with Gasteiger partial charge in [0.25, 0.3) is 0 Å². The fourth-order valence-corrected chi connectivity index (χ4v) is 2.89. The molecule has 3 nitrogen and oxygen atoms in total. The lowest BCUT2D eigenvalue weighted by Crippen LogP contribution is -2.11. The van der Waals surface area contributed by atoms with E-state index < -0.39 is 0 Å². The van der Waals surface area contributed by atoms with E-state index in [1.807, 2.05) is 0 Å². The summed E-state index contributed by atoms with van der Waals surface area (Å²) in [6.07, 6.45) is 6.46. The highest BCUT2D eigenvalue weighted by molar-refractivity contribution is 5.73. The van der Waals surface area contributed by atoms with E-state index in [-0.39, 0.29) is 0 Å². The molecule has 2 aromatic rings. The molecule has 1 aromatic carbocycles. The second-order valence-corrected chi connectivity index (χ2v) is 5.47. The number of hydrogen-bond donors (Lipinski definition) is 1. The van der Waals surface area contributed by atoms with E-state index in [1.54, 1.807) is 0 Å². The quantitative estimate of drug-likeness (QED) is 0.901. The topological polar surface area (TPSA) is 38.1 Å². The van der Waals surface area contributed by atoms with Gasteiger partial charge in [-0.25, -0.2) is 4.98 Å². The number of hydrogen-bond acceptors (Lipinski definition) is 3. The summed E-state index contributed by atoms with van der Waals surface area (Å²) in [7, 11) is 0. The van der Waals surface area contributed by atoms with Crippen molar-refractivity contribution in [3.8, 4) is 0 Å². The smallest absolute Gasteiger partial charge is 0.198 e. The first-order chi connectivity index (χ1) is 9.36. The zero-order valence-electron chi connectivity index (χ0n) is 11.6. The minimum Gasteiger partial charge on any atom is -0.440 e. The van der Waals surface area contributed by atoms with Crippen molar-refractivity contribution in [3.63, 3.8) is 0 Å². The minimum atomic E-state index is 0.540. The summed E-state index contributed by atoms with van der Waals surface area (Å²) in [6, 6.07) is 6.34. The average Bonchev–Trinajstić information content (AvgIpc) is 2.89. The zero-order valence-corrected chi connectivity index (χ0v) is 11.6. The molecule has 0 spiro atoms. The molecule has 3 heteroatoms. The summed E-state index contributed by atoms with van der Waals surface area (Å²) in [5.41, 5.74) is 3.21. The third kappa shape index (κ3) is 2.81. The van der Waals surface area contributed by atoms with Crippen LogP contribution in [0, 0.1) is 0 Å². The van der Waals surface area contributed by atoms with Crippen molar-refractivity contribution in [3.05, 3.63) is 29.7 Å². The maximum Gasteiger partial charge on any atom is 0.198 e. The van der Waals surface area contributed by atoms with Gasteiger partial charge in [-0.2, -0.15) is 0 Å². The summed E-state index contributed by atoms with van der Waals surface area (Å²) < 4.78 is 5.99. The zero-order chi connectivity index (χ0) is 13.1. The highest BCUT2D eigenvalue weighted by Crippen LogP contribution is 2.33. The summed E-state index contributed by atoms with van der Waals surface area (Å²) in [6.45, 7) is 4.00. The van der Waals surface area contributed by atoms with E-state index in [9.17, 15) is 0 Å². The van der Waals surface area contributed by atoms with Gasteiger partial charge in [0.15, 0.2) is 11.5 Å². The number of aromatic nitrogens is 1. The van der Waals surface area contributed by atoms with Gasteiger partial charge in [0, 0.05) is 12.5 Å². The molecule has 1 fully saturated rings. The SMILES string of the molecule is CCNCc1ccc2nc(C3CCCCC3)oc2c1. The van der Waals surface area contributed by atoms with E-state index >= 15 is 0 Å². The lowest BCUT2D eigenvalue weighted by molar-refractivity contribution is 0.373. The van der Waals surface area contributed by atoms with Crippen molar-refractivity contribution in [1.82, 2.24) is 10.3 Å². The largest absolute Gasteiger partial charge is 0.440 e. The monoisotopic (exact) mass is 258 g/mol. The maximum absolute atomic E-state index is 5.99. The molecule has 3 rings (SSSR count). The molecule has 0 radical (unpaired) electrons. The molecule has 0 aliphatic heterocycles. The van der Waals surface area contributed by atoms with Crippen LogP contribution < -0.4 is 5.32 Å². The molecule has 0 unspecified atom stereocenters. The third-order valence-corrected chi connectivity index (χ3v) is 4.00. The van der Waals surface area contributed by atoms with Gasteiger partial charge < -0.3 is 9.73 Å². The molecule has 1 aliphatic carbocycles. The minimum absolute atomic E-state index is 0.540. The second kappa shape index (κ2) is 5.74. The highest BCUT2D eigenvalue weighted by atomic mass is 16.3. The molecule has 1 aliphatic rings. The fourth-order valence-electron chi connectivity index (χ4n) is 2.89. The van der Waals surface area contributed by atoms with Crippen molar-refractivity contribution in [2.45, 2.75) is 51.5 Å². The molecular formula is C16H22N2O. The van der Waals surface area contributed by atoms with E-state index in [0.717, 1.165) is 30.1 Å². The first kappa shape index (κ1) is 12.7. The van der Waals surface area contributed by atoms with Gasteiger partial charge in [0.1, 0.15) is 5.52 Å². The standard InChI is InChI=1S/C16H22N2O/c1-2-17-11-12-8-9-14-15(10-12)19-16(18-14)13-6-4-3-5-7-13/h8-10,13,17H,2-7,11H2,1H3. The number of rotatable bonds is 4. The summed E-state index contributed by atoms with van der Waals surface area (Å²) in [5.74, 6) is 1.49. The maximum atomic E-state index is 5.99. The van der Waals surface area contributed by atoms with Gasteiger partial charge in [-0.3, -0.25) is 0 Å². The van der Waals surface area contributed by atoms with E-state index in [4.69, 9.17) is 4.42 Å². The Kier molecular flexibility index (Phi) is 3.83. The van der Waals surface area contributed by atoms with Crippen LogP contribution in [-0.4, -0.2) is 11.5 Å². The molecule has 1 N–H and O–H groups in total. The second-order valence-electron chi connectivity index (χ2n) is 5.47. The molecule has 0 amide bonds.